The Kier molecular flexibility index (Phi) is 6.65. The third-order valence-electron chi connectivity index (χ3n) is 3.28. The van der Waals surface area contributed by atoms with Gasteiger partial charge in [0.1, 0.15) is 5.60 Å². The van der Waals surface area contributed by atoms with Gasteiger partial charge >= 0.3 is 12.1 Å². The summed E-state index contributed by atoms with van der Waals surface area (Å²) in [5.74, 6) is 1.62. The Bertz CT molecular complexity index is 341. The average Bonchev–Trinajstić information content (AvgIpc) is 2.49. The topological polar surface area (TPSA) is 75.6 Å². The highest BCUT2D eigenvalue weighted by atomic mass is 32.2. The van der Waals surface area contributed by atoms with Crippen LogP contribution in [0.1, 0.15) is 40.0 Å². The highest BCUT2D eigenvalue weighted by molar-refractivity contribution is 7.99. The highest BCUT2D eigenvalue weighted by Crippen LogP contribution is 2.30. The SMILES string of the molecule is CC(C)(C)OC(=O)NC[C@@H]1CCSCC[C@@H]1CC(=O)O. The van der Waals surface area contributed by atoms with E-state index in [4.69, 9.17) is 9.84 Å². The van der Waals surface area contributed by atoms with Crippen LogP contribution in [0.5, 0.6) is 0 Å². The summed E-state index contributed by atoms with van der Waals surface area (Å²) < 4.78 is 5.20. The van der Waals surface area contributed by atoms with E-state index in [1.165, 1.54) is 0 Å². The minimum Gasteiger partial charge on any atom is -0.481 e. The minimum atomic E-state index is -0.760. The fourth-order valence-corrected chi connectivity index (χ4v) is 3.48. The van der Waals surface area contributed by atoms with Crippen LogP contribution in [0.3, 0.4) is 0 Å². The Morgan fingerprint density at radius 3 is 2.40 bits per heavy atom. The van der Waals surface area contributed by atoms with E-state index in [0.717, 1.165) is 24.3 Å². The lowest BCUT2D eigenvalue weighted by Gasteiger charge is -2.25. The van der Waals surface area contributed by atoms with Gasteiger partial charge < -0.3 is 15.2 Å². The molecule has 5 nitrogen and oxygen atoms in total. The molecule has 0 aromatic carbocycles. The number of rotatable bonds is 4. The van der Waals surface area contributed by atoms with Crippen LogP contribution in [-0.2, 0) is 9.53 Å². The van der Waals surface area contributed by atoms with Crippen LogP contribution in [-0.4, -0.2) is 40.8 Å². The molecule has 6 heteroatoms. The summed E-state index contributed by atoms with van der Waals surface area (Å²) in [6.45, 7) is 5.96. The molecular weight excluding hydrogens is 278 g/mol. The molecule has 1 aliphatic heterocycles. The van der Waals surface area contributed by atoms with Gasteiger partial charge in [-0.1, -0.05) is 0 Å². The predicted molar refractivity (Wildman–Crippen MR) is 80.0 cm³/mol. The van der Waals surface area contributed by atoms with Gasteiger partial charge in [0, 0.05) is 13.0 Å². The maximum Gasteiger partial charge on any atom is 0.407 e. The van der Waals surface area contributed by atoms with Gasteiger partial charge in [-0.2, -0.15) is 11.8 Å². The molecule has 0 aromatic rings. The molecule has 0 aromatic heterocycles. The summed E-state index contributed by atoms with van der Waals surface area (Å²) in [5, 5.41) is 11.8. The number of hydrogen-bond acceptors (Lipinski definition) is 4. The van der Waals surface area contributed by atoms with Crippen molar-refractivity contribution in [2.45, 2.75) is 45.6 Å². The van der Waals surface area contributed by atoms with Crippen molar-refractivity contribution in [1.29, 1.82) is 0 Å². The molecule has 0 unspecified atom stereocenters. The van der Waals surface area contributed by atoms with Crippen molar-refractivity contribution >= 4 is 23.8 Å². The number of carbonyl (C=O) groups excluding carboxylic acids is 1. The standard InChI is InChI=1S/C14H25NO4S/c1-14(2,3)19-13(18)15-9-11-5-7-20-6-4-10(11)8-12(16)17/h10-11H,4-9H2,1-3H3,(H,15,18)(H,16,17)/t10-,11+/m1/s1. The van der Waals surface area contributed by atoms with Crippen molar-refractivity contribution in [2.75, 3.05) is 18.1 Å². The summed E-state index contributed by atoms with van der Waals surface area (Å²) in [4.78, 5) is 22.6. The van der Waals surface area contributed by atoms with Crippen LogP contribution in [0, 0.1) is 11.8 Å². The maximum atomic E-state index is 11.7. The van der Waals surface area contributed by atoms with Gasteiger partial charge in [-0.15, -0.1) is 0 Å². The van der Waals surface area contributed by atoms with E-state index < -0.39 is 17.7 Å². The molecule has 116 valence electrons. The molecule has 0 saturated carbocycles. The molecule has 1 fully saturated rings. The lowest BCUT2D eigenvalue weighted by molar-refractivity contribution is -0.138. The first-order chi connectivity index (χ1) is 9.28. The Morgan fingerprint density at radius 1 is 1.25 bits per heavy atom. The lowest BCUT2D eigenvalue weighted by Crippen LogP contribution is -2.37. The molecule has 1 saturated heterocycles. The molecule has 20 heavy (non-hydrogen) atoms. The number of carboxylic acid groups (broad SMARTS) is 1. The van der Waals surface area contributed by atoms with E-state index in [1.807, 2.05) is 32.5 Å². The van der Waals surface area contributed by atoms with E-state index >= 15 is 0 Å². The van der Waals surface area contributed by atoms with Crippen LogP contribution in [0.4, 0.5) is 4.79 Å². The van der Waals surface area contributed by atoms with Gasteiger partial charge in [-0.25, -0.2) is 4.79 Å². The summed E-state index contributed by atoms with van der Waals surface area (Å²) in [6.07, 6.45) is 1.60. The number of ether oxygens (including phenoxy) is 1. The highest BCUT2D eigenvalue weighted by Gasteiger charge is 2.27. The molecule has 0 bridgehead atoms. The fraction of sp³-hybridized carbons (Fsp3) is 0.857. The second-order valence-electron chi connectivity index (χ2n) is 6.19. The Labute approximate surface area is 124 Å². The molecule has 0 spiro atoms. The lowest BCUT2D eigenvalue weighted by atomic mass is 9.85. The number of carboxylic acids is 1. The van der Waals surface area contributed by atoms with Gasteiger partial charge in [-0.05, 0) is 57.0 Å². The third-order valence-corrected chi connectivity index (χ3v) is 4.33. The van der Waals surface area contributed by atoms with E-state index in [0.29, 0.717) is 6.54 Å². The van der Waals surface area contributed by atoms with Crippen molar-refractivity contribution in [3.63, 3.8) is 0 Å². The van der Waals surface area contributed by atoms with E-state index in [9.17, 15) is 9.59 Å². The van der Waals surface area contributed by atoms with Crippen molar-refractivity contribution in [1.82, 2.24) is 5.32 Å². The predicted octanol–water partition coefficient (Wildman–Crippen LogP) is 2.75. The first-order valence-corrected chi connectivity index (χ1v) is 8.20. The summed E-state index contributed by atoms with van der Waals surface area (Å²) in [7, 11) is 0. The zero-order valence-corrected chi connectivity index (χ0v) is 13.3. The molecule has 1 heterocycles. The fourth-order valence-electron chi connectivity index (χ4n) is 2.33. The maximum absolute atomic E-state index is 11.7. The molecule has 1 rings (SSSR count). The van der Waals surface area contributed by atoms with Gasteiger partial charge in [-0.3, -0.25) is 4.79 Å². The second-order valence-corrected chi connectivity index (χ2v) is 7.42. The zero-order valence-electron chi connectivity index (χ0n) is 12.5. The molecule has 0 aliphatic carbocycles. The Morgan fingerprint density at radius 2 is 1.85 bits per heavy atom. The number of amides is 1. The first kappa shape index (κ1) is 17.1. The quantitative estimate of drug-likeness (QED) is 0.835. The second kappa shape index (κ2) is 7.76. The number of alkyl carbamates (subject to hydrolysis) is 1. The first-order valence-electron chi connectivity index (χ1n) is 7.04. The van der Waals surface area contributed by atoms with Gasteiger partial charge in [0.15, 0.2) is 0 Å². The molecule has 0 radical (unpaired) electrons. The molecule has 1 amide bonds. The number of nitrogens with one attached hydrogen (secondary N) is 1. The van der Waals surface area contributed by atoms with Crippen LogP contribution < -0.4 is 5.32 Å². The summed E-state index contributed by atoms with van der Waals surface area (Å²) in [6, 6.07) is 0. The zero-order chi connectivity index (χ0) is 15.2. The normalized spacial score (nSPS) is 23.8. The average molecular weight is 303 g/mol. The van der Waals surface area contributed by atoms with E-state index in [-0.39, 0.29) is 18.3 Å². The van der Waals surface area contributed by atoms with Crippen LogP contribution in [0.2, 0.25) is 0 Å². The Hall–Kier alpha value is -0.910. The summed E-state index contributed by atoms with van der Waals surface area (Å²) >= 11 is 1.86. The number of thioether (sulfide) groups is 1. The van der Waals surface area contributed by atoms with Crippen molar-refractivity contribution in [3.8, 4) is 0 Å². The Balaban J connectivity index is 2.48. The third kappa shape index (κ3) is 7.03. The monoisotopic (exact) mass is 303 g/mol. The van der Waals surface area contributed by atoms with Gasteiger partial charge in [0.25, 0.3) is 0 Å². The number of carbonyl (C=O) groups is 2. The smallest absolute Gasteiger partial charge is 0.407 e. The molecule has 1 aliphatic rings. The van der Waals surface area contributed by atoms with Gasteiger partial charge in [0.2, 0.25) is 0 Å². The van der Waals surface area contributed by atoms with Crippen LogP contribution in [0.25, 0.3) is 0 Å². The van der Waals surface area contributed by atoms with Crippen molar-refractivity contribution in [3.05, 3.63) is 0 Å². The van der Waals surface area contributed by atoms with Crippen LogP contribution in [0.15, 0.2) is 0 Å². The van der Waals surface area contributed by atoms with Crippen LogP contribution >= 0.6 is 11.8 Å². The molecular formula is C14H25NO4S. The van der Waals surface area contributed by atoms with Crippen molar-refractivity contribution < 1.29 is 19.4 Å². The van der Waals surface area contributed by atoms with E-state index in [2.05, 4.69) is 5.32 Å². The van der Waals surface area contributed by atoms with Crippen molar-refractivity contribution in [2.24, 2.45) is 11.8 Å². The van der Waals surface area contributed by atoms with Gasteiger partial charge in [0.05, 0.1) is 0 Å². The largest absolute Gasteiger partial charge is 0.481 e. The summed E-state index contributed by atoms with van der Waals surface area (Å²) in [5.41, 5.74) is -0.510. The molecule has 2 atom stereocenters. The van der Waals surface area contributed by atoms with E-state index in [1.54, 1.807) is 0 Å². The number of aliphatic carboxylic acids is 1. The molecule has 2 N–H and O–H groups in total. The minimum absolute atomic E-state index is 0.137. The number of hydrogen-bond donors (Lipinski definition) is 2.